The van der Waals surface area contributed by atoms with Crippen molar-refractivity contribution in [2.24, 2.45) is 4.99 Å². The second-order valence-electron chi connectivity index (χ2n) is 2.62. The summed E-state index contributed by atoms with van der Waals surface area (Å²) in [5.41, 5.74) is -1.06. The minimum absolute atomic E-state index is 0.179. The van der Waals surface area contributed by atoms with Crippen molar-refractivity contribution < 1.29 is 31.9 Å². The molecule has 0 heterocycles. The van der Waals surface area contributed by atoms with Gasteiger partial charge in [0.15, 0.2) is 17.4 Å². The largest absolute Gasteiger partial charge is 0.457 e. The molecule has 0 fully saturated rings. The fraction of sp³-hybridized carbons (Fsp3) is 0.111. The van der Waals surface area contributed by atoms with Gasteiger partial charge in [0, 0.05) is 0 Å². The molecule has 0 N–H and O–H groups in total. The number of isocyanates is 1. The van der Waals surface area contributed by atoms with E-state index in [-0.39, 0.29) is 6.07 Å². The van der Waals surface area contributed by atoms with Gasteiger partial charge in [0.1, 0.15) is 0 Å². The van der Waals surface area contributed by atoms with Crippen LogP contribution in [0.3, 0.4) is 0 Å². The highest BCUT2D eigenvalue weighted by molar-refractivity contribution is 5.98. The lowest BCUT2D eigenvalue weighted by molar-refractivity contribution is 0.0995. The van der Waals surface area contributed by atoms with Gasteiger partial charge in [0.05, 0.1) is 5.56 Å². The summed E-state index contributed by atoms with van der Waals surface area (Å²) in [6, 6.07) is 0.179. The van der Waals surface area contributed by atoms with Crippen molar-refractivity contribution in [1.82, 2.24) is 0 Å². The Kier molecular flexibility index (Phi) is 3.95. The third-order valence-electron chi connectivity index (χ3n) is 1.69. The van der Waals surface area contributed by atoms with Crippen LogP contribution in [0.1, 0.15) is 10.4 Å². The molecule has 0 spiro atoms. The van der Waals surface area contributed by atoms with Crippen LogP contribution in [0.4, 0.5) is 17.6 Å². The van der Waals surface area contributed by atoms with Crippen molar-refractivity contribution in [1.29, 1.82) is 0 Å². The van der Waals surface area contributed by atoms with Gasteiger partial charge in [-0.2, -0.15) is 4.39 Å². The number of hydrogen-bond acceptors (Lipinski definition) is 3. The smallest absolute Gasteiger partial charge is 0.290 e. The minimum Gasteiger partial charge on any atom is -0.457 e. The number of alkyl halides is 1. The molecule has 0 saturated carbocycles. The van der Waals surface area contributed by atoms with Crippen molar-refractivity contribution in [3.63, 3.8) is 0 Å². The second-order valence-corrected chi connectivity index (χ2v) is 2.62. The van der Waals surface area contributed by atoms with E-state index in [1.807, 2.05) is 0 Å². The zero-order valence-electron chi connectivity index (χ0n) is 7.97. The quantitative estimate of drug-likeness (QED) is 0.355. The van der Waals surface area contributed by atoms with Gasteiger partial charge in [-0.05, 0) is 6.07 Å². The third-order valence-corrected chi connectivity index (χ3v) is 1.69. The molecule has 0 atom stereocenters. The fourth-order valence-corrected chi connectivity index (χ4v) is 1.02. The number of aliphatic imine (C=N–C) groups is 1. The Bertz CT molecular complexity index is 511. The van der Waals surface area contributed by atoms with Crippen LogP contribution in [0, 0.1) is 17.5 Å². The zero-order valence-corrected chi connectivity index (χ0v) is 7.97. The highest BCUT2D eigenvalue weighted by atomic mass is 19.2. The Morgan fingerprint density at radius 1 is 1.35 bits per heavy atom. The molecule has 1 aromatic rings. The van der Waals surface area contributed by atoms with E-state index in [2.05, 4.69) is 9.73 Å². The number of benzene rings is 1. The first-order valence-corrected chi connectivity index (χ1v) is 4.01. The van der Waals surface area contributed by atoms with Crippen LogP contribution in [0.5, 0.6) is 5.75 Å². The van der Waals surface area contributed by atoms with E-state index in [1.54, 1.807) is 0 Å². The molecule has 0 aliphatic heterocycles. The van der Waals surface area contributed by atoms with Gasteiger partial charge < -0.3 is 4.74 Å². The lowest BCUT2D eigenvalue weighted by atomic mass is 10.1. The number of hydrogen-bond donors (Lipinski definition) is 0. The first kappa shape index (κ1) is 12.9. The summed E-state index contributed by atoms with van der Waals surface area (Å²) < 4.78 is 54.9. The standard InChI is InChI=1S/C9H3F4NO3/c10-2-17-8-6(12)4(9(16)14-3-15)1-5(11)7(8)13/h1H,2H2. The molecular formula is C9H3F4NO3. The molecule has 0 saturated heterocycles. The van der Waals surface area contributed by atoms with E-state index in [1.165, 1.54) is 0 Å². The van der Waals surface area contributed by atoms with E-state index >= 15 is 0 Å². The van der Waals surface area contributed by atoms with Crippen LogP contribution >= 0.6 is 0 Å². The predicted molar refractivity (Wildman–Crippen MR) is 45.4 cm³/mol. The van der Waals surface area contributed by atoms with E-state index < -0.39 is 41.5 Å². The summed E-state index contributed by atoms with van der Waals surface area (Å²) in [6.45, 7) is -1.62. The summed E-state index contributed by atoms with van der Waals surface area (Å²) >= 11 is 0. The second kappa shape index (κ2) is 5.22. The van der Waals surface area contributed by atoms with E-state index in [0.29, 0.717) is 0 Å². The number of ether oxygens (including phenoxy) is 1. The van der Waals surface area contributed by atoms with Crippen LogP contribution in [-0.2, 0) is 4.79 Å². The van der Waals surface area contributed by atoms with Gasteiger partial charge in [0.2, 0.25) is 18.8 Å². The van der Waals surface area contributed by atoms with E-state index in [0.717, 1.165) is 6.08 Å². The third kappa shape index (κ3) is 2.48. The summed E-state index contributed by atoms with van der Waals surface area (Å²) in [6.07, 6.45) is 0.806. The number of carbonyl (C=O) groups excluding carboxylic acids is 2. The molecule has 8 heteroatoms. The van der Waals surface area contributed by atoms with Gasteiger partial charge in [-0.1, -0.05) is 0 Å². The minimum atomic E-state index is -1.79. The molecular weight excluding hydrogens is 246 g/mol. The van der Waals surface area contributed by atoms with Crippen LogP contribution < -0.4 is 4.74 Å². The lowest BCUT2D eigenvalue weighted by Crippen LogP contribution is -2.07. The average molecular weight is 249 g/mol. The first-order valence-electron chi connectivity index (χ1n) is 4.01. The molecule has 0 unspecified atom stereocenters. The predicted octanol–water partition coefficient (Wildman–Crippen LogP) is 1.89. The maximum absolute atomic E-state index is 13.4. The summed E-state index contributed by atoms with van der Waals surface area (Å²) in [4.78, 5) is 23.3. The molecule has 90 valence electrons. The SMILES string of the molecule is O=C=NC(=O)c1cc(F)c(F)c(OCF)c1F. The maximum atomic E-state index is 13.4. The first-order chi connectivity index (χ1) is 8.02. The molecule has 0 aromatic heterocycles. The summed E-state index contributed by atoms with van der Waals surface area (Å²) in [5, 5.41) is 0. The number of halogens is 4. The Morgan fingerprint density at radius 2 is 2.00 bits per heavy atom. The molecule has 4 nitrogen and oxygen atoms in total. The number of amides is 1. The Labute approximate surface area is 91.5 Å². The van der Waals surface area contributed by atoms with Crippen molar-refractivity contribution in [2.45, 2.75) is 0 Å². The number of rotatable bonds is 3. The maximum Gasteiger partial charge on any atom is 0.290 e. The average Bonchev–Trinajstić information content (AvgIpc) is 2.29. The Balaban J connectivity index is 3.43. The number of nitrogens with zero attached hydrogens (tertiary/aromatic N) is 1. The zero-order chi connectivity index (χ0) is 13.0. The number of carbonyl (C=O) groups is 1. The molecule has 1 aromatic carbocycles. The Morgan fingerprint density at radius 3 is 2.53 bits per heavy atom. The van der Waals surface area contributed by atoms with E-state index in [4.69, 9.17) is 0 Å². The summed E-state index contributed by atoms with van der Waals surface area (Å²) in [7, 11) is 0. The molecule has 0 aliphatic carbocycles. The van der Waals surface area contributed by atoms with Crippen molar-refractivity contribution >= 4 is 12.0 Å². The van der Waals surface area contributed by atoms with Gasteiger partial charge in [-0.3, -0.25) is 4.79 Å². The Hall–Kier alpha value is -2.21. The fourth-order valence-electron chi connectivity index (χ4n) is 1.02. The monoisotopic (exact) mass is 249 g/mol. The lowest BCUT2D eigenvalue weighted by Gasteiger charge is -2.07. The molecule has 17 heavy (non-hydrogen) atoms. The van der Waals surface area contributed by atoms with Crippen molar-refractivity contribution in [3.8, 4) is 5.75 Å². The van der Waals surface area contributed by atoms with Gasteiger partial charge in [0.25, 0.3) is 5.91 Å². The van der Waals surface area contributed by atoms with Gasteiger partial charge >= 0.3 is 0 Å². The molecule has 0 bridgehead atoms. The van der Waals surface area contributed by atoms with Crippen LogP contribution in [0.2, 0.25) is 0 Å². The normalized spacial score (nSPS) is 9.65. The highest BCUT2D eigenvalue weighted by Gasteiger charge is 2.24. The molecule has 1 amide bonds. The van der Waals surface area contributed by atoms with E-state index in [9.17, 15) is 27.2 Å². The highest BCUT2D eigenvalue weighted by Crippen LogP contribution is 2.27. The van der Waals surface area contributed by atoms with Crippen LogP contribution in [0.15, 0.2) is 11.1 Å². The molecule has 1 rings (SSSR count). The summed E-state index contributed by atoms with van der Waals surface area (Å²) in [5.74, 6) is -7.95. The van der Waals surface area contributed by atoms with Crippen LogP contribution in [0.25, 0.3) is 0 Å². The molecule has 0 aliphatic rings. The van der Waals surface area contributed by atoms with Crippen molar-refractivity contribution in [2.75, 3.05) is 6.86 Å². The molecule has 0 radical (unpaired) electrons. The van der Waals surface area contributed by atoms with Crippen molar-refractivity contribution in [3.05, 3.63) is 29.1 Å². The topological polar surface area (TPSA) is 55.7 Å². The van der Waals surface area contributed by atoms with Gasteiger partial charge in [-0.25, -0.2) is 18.0 Å². The van der Waals surface area contributed by atoms with Crippen LogP contribution in [-0.4, -0.2) is 18.8 Å². The van der Waals surface area contributed by atoms with Gasteiger partial charge in [-0.15, -0.1) is 4.99 Å².